The van der Waals surface area contributed by atoms with E-state index in [9.17, 15) is 0 Å². The summed E-state index contributed by atoms with van der Waals surface area (Å²) in [7, 11) is 0. The van der Waals surface area contributed by atoms with Gasteiger partial charge in [-0.25, -0.2) is 4.98 Å². The number of nitrogens with two attached hydrogens (primary N) is 1. The van der Waals surface area contributed by atoms with E-state index in [2.05, 4.69) is 18.8 Å². The molecule has 0 atom stereocenters. The fourth-order valence-corrected chi connectivity index (χ4v) is 1.90. The van der Waals surface area contributed by atoms with Gasteiger partial charge in [-0.2, -0.15) is 0 Å². The fourth-order valence-electron chi connectivity index (χ4n) is 1.67. The van der Waals surface area contributed by atoms with Crippen LogP contribution in [0.2, 0.25) is 5.02 Å². The van der Waals surface area contributed by atoms with Crippen LogP contribution in [0.25, 0.3) is 11.1 Å². The first-order valence-electron chi connectivity index (χ1n) is 5.40. The summed E-state index contributed by atoms with van der Waals surface area (Å²) in [4.78, 5) is 4.42. The SMILES string of the molecule is CC(C)c1nc2cc(Cl)cc(CCN)c2o1. The van der Waals surface area contributed by atoms with E-state index >= 15 is 0 Å². The smallest absolute Gasteiger partial charge is 0.198 e. The van der Waals surface area contributed by atoms with Crippen LogP contribution in [-0.2, 0) is 6.42 Å². The van der Waals surface area contributed by atoms with Crippen LogP contribution in [0, 0.1) is 0 Å². The number of halogens is 1. The van der Waals surface area contributed by atoms with Gasteiger partial charge in [-0.15, -0.1) is 0 Å². The number of fused-ring (bicyclic) bond motifs is 1. The molecule has 0 saturated heterocycles. The highest BCUT2D eigenvalue weighted by atomic mass is 35.5. The summed E-state index contributed by atoms with van der Waals surface area (Å²) in [5.74, 6) is 1.02. The molecule has 2 N–H and O–H groups in total. The molecule has 2 aromatic rings. The average Bonchev–Trinajstić information content (AvgIpc) is 2.61. The molecule has 4 heteroatoms. The van der Waals surface area contributed by atoms with Crippen LogP contribution in [0.15, 0.2) is 16.5 Å². The van der Waals surface area contributed by atoms with Gasteiger partial charge in [0.05, 0.1) is 0 Å². The molecule has 0 aliphatic rings. The summed E-state index contributed by atoms with van der Waals surface area (Å²) in [6, 6.07) is 3.72. The Bertz CT molecular complexity index is 505. The minimum Gasteiger partial charge on any atom is -0.440 e. The molecule has 0 spiro atoms. The van der Waals surface area contributed by atoms with E-state index in [0.717, 1.165) is 29.0 Å². The van der Waals surface area contributed by atoms with Crippen molar-refractivity contribution in [3.05, 3.63) is 28.6 Å². The van der Waals surface area contributed by atoms with Crippen LogP contribution in [0.1, 0.15) is 31.2 Å². The molecule has 0 aliphatic carbocycles. The number of nitrogens with zero attached hydrogens (tertiary/aromatic N) is 1. The molecule has 1 aromatic carbocycles. The van der Waals surface area contributed by atoms with Gasteiger partial charge < -0.3 is 10.2 Å². The number of benzene rings is 1. The molecular weight excluding hydrogens is 224 g/mol. The van der Waals surface area contributed by atoms with Crippen molar-refractivity contribution in [3.63, 3.8) is 0 Å². The Morgan fingerprint density at radius 3 is 2.81 bits per heavy atom. The summed E-state index contributed by atoms with van der Waals surface area (Å²) < 4.78 is 5.74. The zero-order chi connectivity index (χ0) is 11.7. The summed E-state index contributed by atoms with van der Waals surface area (Å²) in [6.45, 7) is 4.68. The van der Waals surface area contributed by atoms with Gasteiger partial charge in [0, 0.05) is 10.9 Å². The van der Waals surface area contributed by atoms with E-state index in [-0.39, 0.29) is 5.92 Å². The molecule has 0 saturated carbocycles. The van der Waals surface area contributed by atoms with Crippen molar-refractivity contribution in [1.82, 2.24) is 4.98 Å². The van der Waals surface area contributed by atoms with Gasteiger partial charge in [-0.3, -0.25) is 0 Å². The van der Waals surface area contributed by atoms with E-state index in [4.69, 9.17) is 21.8 Å². The summed E-state index contributed by atoms with van der Waals surface area (Å²) in [5, 5.41) is 0.680. The molecule has 1 heterocycles. The predicted molar refractivity (Wildman–Crippen MR) is 65.9 cm³/mol. The zero-order valence-corrected chi connectivity index (χ0v) is 10.2. The number of hydrogen-bond acceptors (Lipinski definition) is 3. The molecule has 86 valence electrons. The van der Waals surface area contributed by atoms with Gasteiger partial charge in [-0.1, -0.05) is 25.4 Å². The highest BCUT2D eigenvalue weighted by Gasteiger charge is 2.13. The molecular formula is C12H15ClN2O. The molecule has 0 aliphatic heterocycles. The third-order valence-corrected chi connectivity index (χ3v) is 2.67. The third-order valence-electron chi connectivity index (χ3n) is 2.46. The van der Waals surface area contributed by atoms with Crippen molar-refractivity contribution in [2.24, 2.45) is 5.73 Å². The van der Waals surface area contributed by atoms with Crippen LogP contribution in [-0.4, -0.2) is 11.5 Å². The van der Waals surface area contributed by atoms with Crippen LogP contribution >= 0.6 is 11.6 Å². The second kappa shape index (κ2) is 4.44. The fraction of sp³-hybridized carbons (Fsp3) is 0.417. The van der Waals surface area contributed by atoms with Gasteiger partial charge >= 0.3 is 0 Å². The second-order valence-electron chi connectivity index (χ2n) is 4.16. The van der Waals surface area contributed by atoms with E-state index in [1.54, 1.807) is 0 Å². The molecule has 0 radical (unpaired) electrons. The lowest BCUT2D eigenvalue weighted by atomic mass is 10.1. The minimum atomic E-state index is 0.275. The topological polar surface area (TPSA) is 52.0 Å². The molecule has 0 unspecified atom stereocenters. The quantitative estimate of drug-likeness (QED) is 0.894. The standard InChI is InChI=1S/C12H15ClN2O/c1-7(2)12-15-10-6-9(13)5-8(3-4-14)11(10)16-12/h5-7H,3-4,14H2,1-2H3. The first-order valence-corrected chi connectivity index (χ1v) is 5.78. The van der Waals surface area contributed by atoms with Crippen molar-refractivity contribution in [2.45, 2.75) is 26.2 Å². The minimum absolute atomic E-state index is 0.275. The highest BCUT2D eigenvalue weighted by molar-refractivity contribution is 6.31. The van der Waals surface area contributed by atoms with Crippen LogP contribution < -0.4 is 5.73 Å². The maximum absolute atomic E-state index is 6.03. The van der Waals surface area contributed by atoms with Gasteiger partial charge in [0.15, 0.2) is 11.5 Å². The van der Waals surface area contributed by atoms with E-state index in [1.807, 2.05) is 12.1 Å². The number of rotatable bonds is 3. The third kappa shape index (κ3) is 2.06. The Hall–Kier alpha value is -1.06. The number of aromatic nitrogens is 1. The predicted octanol–water partition coefficient (Wildman–Crippen LogP) is 3.11. The van der Waals surface area contributed by atoms with Crippen molar-refractivity contribution in [2.75, 3.05) is 6.54 Å². The van der Waals surface area contributed by atoms with Gasteiger partial charge in [0.1, 0.15) is 5.52 Å². The summed E-state index contributed by atoms with van der Waals surface area (Å²) in [6.07, 6.45) is 0.754. The van der Waals surface area contributed by atoms with Crippen LogP contribution in [0.4, 0.5) is 0 Å². The Balaban J connectivity index is 2.60. The lowest BCUT2D eigenvalue weighted by Crippen LogP contribution is -2.02. The lowest BCUT2D eigenvalue weighted by molar-refractivity contribution is 0.499. The summed E-state index contributed by atoms with van der Waals surface area (Å²) >= 11 is 6.03. The Morgan fingerprint density at radius 2 is 2.19 bits per heavy atom. The van der Waals surface area contributed by atoms with Crippen molar-refractivity contribution < 1.29 is 4.42 Å². The number of hydrogen-bond donors (Lipinski definition) is 1. The maximum Gasteiger partial charge on any atom is 0.198 e. The molecule has 0 amide bonds. The van der Waals surface area contributed by atoms with E-state index in [1.165, 1.54) is 0 Å². The van der Waals surface area contributed by atoms with Gasteiger partial charge in [-0.05, 0) is 30.7 Å². The highest BCUT2D eigenvalue weighted by Crippen LogP contribution is 2.27. The van der Waals surface area contributed by atoms with Gasteiger partial charge in [0.25, 0.3) is 0 Å². The lowest BCUT2D eigenvalue weighted by Gasteiger charge is -2.00. The van der Waals surface area contributed by atoms with Crippen molar-refractivity contribution >= 4 is 22.7 Å². The van der Waals surface area contributed by atoms with E-state index in [0.29, 0.717) is 11.6 Å². The monoisotopic (exact) mass is 238 g/mol. The van der Waals surface area contributed by atoms with E-state index < -0.39 is 0 Å². The Kier molecular flexibility index (Phi) is 3.17. The maximum atomic E-state index is 6.03. The molecule has 3 nitrogen and oxygen atoms in total. The first kappa shape index (κ1) is 11.4. The molecule has 2 rings (SSSR count). The normalized spacial score (nSPS) is 11.6. The average molecular weight is 239 g/mol. The molecule has 16 heavy (non-hydrogen) atoms. The van der Waals surface area contributed by atoms with Crippen LogP contribution in [0.5, 0.6) is 0 Å². The van der Waals surface area contributed by atoms with Crippen molar-refractivity contribution in [1.29, 1.82) is 0 Å². The van der Waals surface area contributed by atoms with Crippen molar-refractivity contribution in [3.8, 4) is 0 Å². The Labute approximate surface area is 99.6 Å². The zero-order valence-electron chi connectivity index (χ0n) is 9.46. The molecule has 0 bridgehead atoms. The second-order valence-corrected chi connectivity index (χ2v) is 4.60. The summed E-state index contributed by atoms with van der Waals surface area (Å²) in [5.41, 5.74) is 8.23. The molecule has 0 fully saturated rings. The number of oxazole rings is 1. The van der Waals surface area contributed by atoms with Gasteiger partial charge in [0.2, 0.25) is 0 Å². The molecule has 1 aromatic heterocycles. The van der Waals surface area contributed by atoms with Crippen LogP contribution in [0.3, 0.4) is 0 Å². The first-order chi connectivity index (χ1) is 7.61. The Morgan fingerprint density at radius 1 is 1.44 bits per heavy atom. The largest absolute Gasteiger partial charge is 0.440 e.